The molecule has 1 aromatic heterocycles. The van der Waals surface area contributed by atoms with E-state index < -0.39 is 11.7 Å². The normalized spacial score (nSPS) is 19.6. The molecule has 6 nitrogen and oxygen atoms in total. The highest BCUT2D eigenvalue weighted by molar-refractivity contribution is 5.98. The van der Waals surface area contributed by atoms with Gasteiger partial charge in [-0.15, -0.1) is 0 Å². The molecule has 144 valence electrons. The second-order valence-electron chi connectivity index (χ2n) is 6.87. The van der Waals surface area contributed by atoms with Gasteiger partial charge in [0.05, 0.1) is 5.56 Å². The van der Waals surface area contributed by atoms with Gasteiger partial charge in [-0.05, 0) is 49.6 Å². The Balaban J connectivity index is 1.92. The number of aryl methyl sites for hydroxylation is 1. The van der Waals surface area contributed by atoms with Crippen molar-refractivity contribution in [2.75, 3.05) is 10.6 Å². The summed E-state index contributed by atoms with van der Waals surface area (Å²) in [6, 6.07) is 5.22. The lowest BCUT2D eigenvalue weighted by atomic mass is 9.91. The van der Waals surface area contributed by atoms with E-state index in [-0.39, 0.29) is 35.1 Å². The number of nitrogens with one attached hydrogen (secondary N) is 2. The lowest BCUT2D eigenvalue weighted by molar-refractivity contribution is 0.100. The number of anilines is 3. The van der Waals surface area contributed by atoms with E-state index in [1.165, 1.54) is 12.1 Å². The topological polar surface area (TPSA) is 106 Å². The third kappa shape index (κ3) is 4.33. The van der Waals surface area contributed by atoms with E-state index in [1.54, 1.807) is 13.0 Å². The lowest BCUT2D eigenvalue weighted by Gasteiger charge is -2.30. The second kappa shape index (κ2) is 7.87. The van der Waals surface area contributed by atoms with Gasteiger partial charge in [0.2, 0.25) is 0 Å². The van der Waals surface area contributed by atoms with Crippen molar-refractivity contribution in [1.82, 2.24) is 4.98 Å². The summed E-state index contributed by atoms with van der Waals surface area (Å²) < 4.78 is 27.9. The van der Waals surface area contributed by atoms with Crippen LogP contribution in [0.15, 0.2) is 24.3 Å². The van der Waals surface area contributed by atoms with Crippen molar-refractivity contribution in [2.24, 2.45) is 11.5 Å². The first-order valence-electron chi connectivity index (χ1n) is 8.91. The molecule has 0 aliphatic heterocycles. The number of halogens is 2. The smallest absolute Gasteiger partial charge is 0.252 e. The number of amides is 1. The van der Waals surface area contributed by atoms with Gasteiger partial charge >= 0.3 is 0 Å². The van der Waals surface area contributed by atoms with E-state index >= 15 is 0 Å². The molecular formula is C19H23F2N5O. The molecule has 8 heteroatoms. The molecule has 1 aliphatic carbocycles. The van der Waals surface area contributed by atoms with E-state index in [2.05, 4.69) is 15.6 Å². The van der Waals surface area contributed by atoms with Crippen LogP contribution in [0.3, 0.4) is 0 Å². The number of hydrogen-bond acceptors (Lipinski definition) is 5. The predicted molar refractivity (Wildman–Crippen MR) is 101 cm³/mol. The molecule has 3 rings (SSSR count). The first-order chi connectivity index (χ1) is 12.8. The SMILES string of the molecule is Cc1cc(Nc2nc(NC3CCCCC3N)c(F)cc2C(N)=O)ccc1F. The number of carbonyl (C=O) groups excluding carboxylic acids is 1. The van der Waals surface area contributed by atoms with Gasteiger partial charge in [0.1, 0.15) is 11.6 Å². The van der Waals surface area contributed by atoms with Crippen molar-refractivity contribution >= 4 is 23.2 Å². The Bertz CT molecular complexity index is 858. The molecule has 2 aromatic rings. The highest BCUT2D eigenvalue weighted by Gasteiger charge is 2.24. The first kappa shape index (κ1) is 19.0. The molecule has 0 radical (unpaired) electrons. The van der Waals surface area contributed by atoms with Crippen molar-refractivity contribution in [2.45, 2.75) is 44.7 Å². The zero-order valence-electron chi connectivity index (χ0n) is 15.1. The van der Waals surface area contributed by atoms with Crippen molar-refractivity contribution in [3.63, 3.8) is 0 Å². The lowest BCUT2D eigenvalue weighted by Crippen LogP contribution is -2.43. The molecule has 2 atom stereocenters. The van der Waals surface area contributed by atoms with Gasteiger partial charge in [-0.1, -0.05) is 12.8 Å². The maximum Gasteiger partial charge on any atom is 0.252 e. The van der Waals surface area contributed by atoms with E-state index in [0.717, 1.165) is 31.7 Å². The highest BCUT2D eigenvalue weighted by Crippen LogP contribution is 2.27. The summed E-state index contributed by atoms with van der Waals surface area (Å²) in [5.41, 5.74) is 12.3. The van der Waals surface area contributed by atoms with Crippen LogP contribution in [0.4, 0.5) is 26.1 Å². The maximum absolute atomic E-state index is 14.5. The minimum Gasteiger partial charge on any atom is -0.365 e. The Hall–Kier alpha value is -2.74. The molecule has 0 bridgehead atoms. The summed E-state index contributed by atoms with van der Waals surface area (Å²) in [5, 5.41) is 5.97. The van der Waals surface area contributed by atoms with Crippen molar-refractivity contribution in [3.05, 3.63) is 47.0 Å². The van der Waals surface area contributed by atoms with Gasteiger partial charge in [0, 0.05) is 17.8 Å². The standard InChI is InChI=1S/C19H23F2N5O/c1-10-8-11(6-7-13(10)20)24-18-12(17(23)27)9-14(21)19(26-18)25-16-5-3-2-4-15(16)22/h6-9,15-16H,2-5,22H2,1H3,(H2,23,27)(H2,24,25,26). The Labute approximate surface area is 156 Å². The fraction of sp³-hybridized carbons (Fsp3) is 0.368. The molecule has 0 spiro atoms. The van der Waals surface area contributed by atoms with E-state index in [4.69, 9.17) is 11.5 Å². The van der Waals surface area contributed by atoms with Gasteiger partial charge < -0.3 is 22.1 Å². The van der Waals surface area contributed by atoms with Gasteiger partial charge in [-0.2, -0.15) is 0 Å². The van der Waals surface area contributed by atoms with Crippen LogP contribution in [0.25, 0.3) is 0 Å². The second-order valence-corrected chi connectivity index (χ2v) is 6.87. The van der Waals surface area contributed by atoms with Crippen LogP contribution in [0.1, 0.15) is 41.6 Å². The van der Waals surface area contributed by atoms with Crippen LogP contribution in [0.5, 0.6) is 0 Å². The summed E-state index contributed by atoms with van der Waals surface area (Å²) in [6.07, 6.45) is 3.73. The number of carbonyl (C=O) groups is 1. The Morgan fingerprint density at radius 2 is 1.89 bits per heavy atom. The monoisotopic (exact) mass is 375 g/mol. The van der Waals surface area contributed by atoms with E-state index in [1.807, 2.05) is 0 Å². The average molecular weight is 375 g/mol. The largest absolute Gasteiger partial charge is 0.365 e. The molecule has 2 unspecified atom stereocenters. The van der Waals surface area contributed by atoms with Crippen LogP contribution < -0.4 is 22.1 Å². The number of aromatic nitrogens is 1. The molecule has 1 amide bonds. The van der Waals surface area contributed by atoms with E-state index in [0.29, 0.717) is 11.3 Å². The minimum absolute atomic E-state index is 0.00341. The number of benzene rings is 1. The molecule has 1 aliphatic rings. The molecule has 0 saturated heterocycles. The van der Waals surface area contributed by atoms with Crippen molar-refractivity contribution in [1.29, 1.82) is 0 Å². The predicted octanol–water partition coefficient (Wildman–Crippen LogP) is 3.19. The molecule has 27 heavy (non-hydrogen) atoms. The number of rotatable bonds is 5. The van der Waals surface area contributed by atoms with Gasteiger partial charge in [0.25, 0.3) is 5.91 Å². The van der Waals surface area contributed by atoms with Crippen molar-refractivity contribution < 1.29 is 13.6 Å². The van der Waals surface area contributed by atoms with Crippen LogP contribution in [0, 0.1) is 18.6 Å². The highest BCUT2D eigenvalue weighted by atomic mass is 19.1. The number of hydrogen-bond donors (Lipinski definition) is 4. The summed E-state index contributed by atoms with van der Waals surface area (Å²) in [4.78, 5) is 15.9. The zero-order chi connectivity index (χ0) is 19.6. The quantitative estimate of drug-likeness (QED) is 0.642. The fourth-order valence-electron chi connectivity index (χ4n) is 3.25. The number of pyridine rings is 1. The Kier molecular flexibility index (Phi) is 5.55. The molecule has 1 aromatic carbocycles. The number of nitrogens with two attached hydrogens (primary N) is 2. The molecule has 1 saturated carbocycles. The van der Waals surface area contributed by atoms with Crippen molar-refractivity contribution in [3.8, 4) is 0 Å². The molecular weight excluding hydrogens is 352 g/mol. The summed E-state index contributed by atoms with van der Waals surface area (Å²) in [7, 11) is 0. The third-order valence-corrected chi connectivity index (χ3v) is 4.80. The minimum atomic E-state index is -0.816. The third-order valence-electron chi connectivity index (χ3n) is 4.80. The van der Waals surface area contributed by atoms with Crippen LogP contribution >= 0.6 is 0 Å². The summed E-state index contributed by atoms with van der Waals surface area (Å²) in [5.74, 6) is -1.74. The maximum atomic E-state index is 14.5. The van der Waals surface area contributed by atoms with Gasteiger partial charge in [-0.3, -0.25) is 4.79 Å². The zero-order valence-corrected chi connectivity index (χ0v) is 15.1. The summed E-state index contributed by atoms with van der Waals surface area (Å²) >= 11 is 0. The van der Waals surface area contributed by atoms with Crippen LogP contribution in [-0.2, 0) is 0 Å². The van der Waals surface area contributed by atoms with Gasteiger partial charge in [0.15, 0.2) is 11.6 Å². The summed E-state index contributed by atoms with van der Waals surface area (Å²) in [6.45, 7) is 1.62. The molecule has 1 fully saturated rings. The van der Waals surface area contributed by atoms with E-state index in [9.17, 15) is 13.6 Å². The average Bonchev–Trinajstić information content (AvgIpc) is 2.62. The van der Waals surface area contributed by atoms with Crippen LogP contribution in [0.2, 0.25) is 0 Å². The van der Waals surface area contributed by atoms with Crippen LogP contribution in [-0.4, -0.2) is 23.0 Å². The van der Waals surface area contributed by atoms with Gasteiger partial charge in [-0.25, -0.2) is 13.8 Å². The number of nitrogens with zero attached hydrogens (tertiary/aromatic N) is 1. The number of primary amides is 1. The Morgan fingerprint density at radius 1 is 1.15 bits per heavy atom. The molecule has 6 N–H and O–H groups in total. The molecule has 1 heterocycles. The Morgan fingerprint density at radius 3 is 2.56 bits per heavy atom. The first-order valence-corrected chi connectivity index (χ1v) is 8.91. The fourth-order valence-corrected chi connectivity index (χ4v) is 3.25.